The Balaban J connectivity index is 1.70. The van der Waals surface area contributed by atoms with E-state index in [2.05, 4.69) is 22.2 Å². The zero-order valence-electron chi connectivity index (χ0n) is 14.9. The Hall–Kier alpha value is -1.69. The second-order valence-corrected chi connectivity index (χ2v) is 7.78. The number of piperidine rings is 2. The van der Waals surface area contributed by atoms with Gasteiger partial charge in [0.1, 0.15) is 5.82 Å². The third-order valence-corrected chi connectivity index (χ3v) is 5.72. The van der Waals surface area contributed by atoms with Crippen molar-refractivity contribution >= 4 is 5.91 Å². The van der Waals surface area contributed by atoms with Crippen molar-refractivity contribution in [2.45, 2.75) is 63.8 Å². The third-order valence-electron chi connectivity index (χ3n) is 5.72. The van der Waals surface area contributed by atoms with Gasteiger partial charge < -0.3 is 15.2 Å². The highest BCUT2D eigenvalue weighted by Crippen LogP contribution is 2.34. The van der Waals surface area contributed by atoms with Gasteiger partial charge in [0.15, 0.2) is 0 Å². The highest BCUT2D eigenvalue weighted by molar-refractivity contribution is 5.86. The monoisotopic (exact) mass is 332 g/mol. The number of nitrogens with zero attached hydrogens (tertiary/aromatic N) is 2. The van der Waals surface area contributed by atoms with Crippen LogP contribution < -0.4 is 10.9 Å². The third kappa shape index (κ3) is 3.24. The minimum atomic E-state index is -0.412. The van der Waals surface area contributed by atoms with Gasteiger partial charge in [-0.1, -0.05) is 6.92 Å². The molecule has 2 saturated heterocycles. The largest absolute Gasteiger partial charge is 0.341 e. The molecule has 1 atom stereocenters. The maximum Gasteiger partial charge on any atom is 0.251 e. The summed E-state index contributed by atoms with van der Waals surface area (Å²) in [6.45, 7) is 8.35. The lowest BCUT2D eigenvalue weighted by Gasteiger charge is -2.43. The highest BCUT2D eigenvalue weighted by Gasteiger charge is 2.41. The van der Waals surface area contributed by atoms with Crippen molar-refractivity contribution in [2.75, 3.05) is 19.6 Å². The highest BCUT2D eigenvalue weighted by atomic mass is 16.2. The summed E-state index contributed by atoms with van der Waals surface area (Å²) in [5, 5.41) is 3.41. The first-order chi connectivity index (χ1) is 11.3. The van der Waals surface area contributed by atoms with Crippen molar-refractivity contribution < 1.29 is 4.79 Å². The van der Waals surface area contributed by atoms with Crippen molar-refractivity contribution in [2.24, 2.45) is 0 Å². The quantitative estimate of drug-likeness (QED) is 0.860. The van der Waals surface area contributed by atoms with Crippen LogP contribution in [0, 0.1) is 6.92 Å². The van der Waals surface area contributed by atoms with Crippen LogP contribution in [0.2, 0.25) is 0 Å². The van der Waals surface area contributed by atoms with E-state index in [9.17, 15) is 9.59 Å². The Bertz CT molecular complexity index is 668. The summed E-state index contributed by atoms with van der Waals surface area (Å²) in [7, 11) is 0. The SMILES string of the molecule is Cc1nc(C2(C)CCN(C(=O)[C@]3(C)CCCCN3)CC2)cc(=O)[nH]1. The van der Waals surface area contributed by atoms with E-state index in [1.54, 1.807) is 6.07 Å². The van der Waals surface area contributed by atoms with Crippen LogP contribution in [0.15, 0.2) is 10.9 Å². The van der Waals surface area contributed by atoms with Crippen molar-refractivity contribution in [3.05, 3.63) is 27.9 Å². The molecule has 0 saturated carbocycles. The van der Waals surface area contributed by atoms with E-state index in [1.807, 2.05) is 18.7 Å². The zero-order chi connectivity index (χ0) is 17.4. The molecular formula is C18H28N4O2. The summed E-state index contributed by atoms with van der Waals surface area (Å²) < 4.78 is 0. The zero-order valence-corrected chi connectivity index (χ0v) is 14.9. The number of aromatic nitrogens is 2. The second kappa shape index (κ2) is 6.31. The summed E-state index contributed by atoms with van der Waals surface area (Å²) in [5.74, 6) is 0.871. The molecule has 2 aliphatic rings. The molecule has 3 rings (SSSR count). The molecule has 2 aliphatic heterocycles. The van der Waals surface area contributed by atoms with Crippen LogP contribution in [0.3, 0.4) is 0 Å². The van der Waals surface area contributed by atoms with E-state index in [0.717, 1.165) is 57.4 Å². The number of hydrogen-bond acceptors (Lipinski definition) is 4. The number of carbonyl (C=O) groups is 1. The second-order valence-electron chi connectivity index (χ2n) is 7.78. The maximum absolute atomic E-state index is 12.9. The van der Waals surface area contributed by atoms with Crippen LogP contribution >= 0.6 is 0 Å². The van der Waals surface area contributed by atoms with E-state index in [1.165, 1.54) is 0 Å². The molecule has 1 aromatic rings. The Morgan fingerprint density at radius 2 is 1.92 bits per heavy atom. The number of aryl methyl sites for hydroxylation is 1. The predicted molar refractivity (Wildman–Crippen MR) is 93.0 cm³/mol. The van der Waals surface area contributed by atoms with Gasteiger partial charge in [0.25, 0.3) is 5.56 Å². The van der Waals surface area contributed by atoms with E-state index in [0.29, 0.717) is 5.82 Å². The Kier molecular flexibility index (Phi) is 4.51. The van der Waals surface area contributed by atoms with E-state index in [-0.39, 0.29) is 16.9 Å². The first-order valence-corrected chi connectivity index (χ1v) is 8.95. The van der Waals surface area contributed by atoms with E-state index >= 15 is 0 Å². The molecule has 6 nitrogen and oxygen atoms in total. The molecule has 132 valence electrons. The van der Waals surface area contributed by atoms with Gasteiger partial charge in [-0.15, -0.1) is 0 Å². The van der Waals surface area contributed by atoms with E-state index < -0.39 is 5.54 Å². The van der Waals surface area contributed by atoms with Crippen LogP contribution in [0.1, 0.15) is 57.5 Å². The van der Waals surface area contributed by atoms with Crippen LogP contribution in [0.4, 0.5) is 0 Å². The maximum atomic E-state index is 12.9. The van der Waals surface area contributed by atoms with Crippen molar-refractivity contribution in [3.63, 3.8) is 0 Å². The molecule has 2 fully saturated rings. The lowest BCUT2D eigenvalue weighted by molar-refractivity contribution is -0.140. The summed E-state index contributed by atoms with van der Waals surface area (Å²) in [6, 6.07) is 1.61. The molecule has 2 N–H and O–H groups in total. The Labute approximate surface area is 143 Å². The first-order valence-electron chi connectivity index (χ1n) is 8.95. The summed E-state index contributed by atoms with van der Waals surface area (Å²) in [6.07, 6.45) is 4.84. The van der Waals surface area contributed by atoms with Gasteiger partial charge in [0, 0.05) is 24.6 Å². The molecule has 0 aliphatic carbocycles. The summed E-state index contributed by atoms with van der Waals surface area (Å²) in [4.78, 5) is 33.9. The molecule has 1 amide bonds. The van der Waals surface area contributed by atoms with Gasteiger partial charge in [-0.2, -0.15) is 0 Å². The fourth-order valence-corrected chi connectivity index (χ4v) is 3.94. The summed E-state index contributed by atoms with van der Waals surface area (Å²) >= 11 is 0. The number of likely N-dealkylation sites (tertiary alicyclic amines) is 1. The number of rotatable bonds is 2. The first kappa shape index (κ1) is 17.1. The molecule has 3 heterocycles. The number of hydrogen-bond donors (Lipinski definition) is 2. The number of amides is 1. The average Bonchev–Trinajstić information content (AvgIpc) is 2.55. The lowest BCUT2D eigenvalue weighted by atomic mass is 9.76. The van der Waals surface area contributed by atoms with Gasteiger partial charge in [0.05, 0.1) is 11.2 Å². The molecule has 0 spiro atoms. The molecule has 6 heteroatoms. The number of H-pyrrole nitrogens is 1. The molecule has 1 aromatic heterocycles. The normalized spacial score (nSPS) is 27.0. The van der Waals surface area contributed by atoms with Gasteiger partial charge in [-0.3, -0.25) is 9.59 Å². The number of nitrogens with one attached hydrogen (secondary N) is 2. The number of aromatic amines is 1. The topological polar surface area (TPSA) is 78.1 Å². The minimum Gasteiger partial charge on any atom is -0.341 e. The van der Waals surface area contributed by atoms with Crippen molar-refractivity contribution in [1.29, 1.82) is 0 Å². The molecule has 24 heavy (non-hydrogen) atoms. The molecule has 0 unspecified atom stereocenters. The standard InChI is InChI=1S/C18H28N4O2/c1-13-20-14(12-15(23)21-13)17(2)7-10-22(11-8-17)16(24)18(3)6-4-5-9-19-18/h12,19H,4-11H2,1-3H3,(H,20,21,23)/t18-/m0/s1. The van der Waals surface area contributed by atoms with E-state index in [4.69, 9.17) is 0 Å². The molecule has 0 radical (unpaired) electrons. The Morgan fingerprint density at radius 1 is 1.21 bits per heavy atom. The van der Waals surface area contributed by atoms with Crippen molar-refractivity contribution in [3.8, 4) is 0 Å². The average molecular weight is 332 g/mol. The number of carbonyl (C=O) groups excluding carboxylic acids is 1. The fourth-order valence-electron chi connectivity index (χ4n) is 3.94. The van der Waals surface area contributed by atoms with Crippen molar-refractivity contribution in [1.82, 2.24) is 20.2 Å². The van der Waals surface area contributed by atoms with Gasteiger partial charge in [-0.25, -0.2) is 4.98 Å². The molecular weight excluding hydrogens is 304 g/mol. The predicted octanol–water partition coefficient (Wildman–Crippen LogP) is 1.49. The van der Waals surface area contributed by atoms with Gasteiger partial charge >= 0.3 is 0 Å². The van der Waals surface area contributed by atoms with Gasteiger partial charge in [-0.05, 0) is 52.5 Å². The van der Waals surface area contributed by atoms with Gasteiger partial charge in [0.2, 0.25) is 5.91 Å². The van der Waals surface area contributed by atoms with Crippen LogP contribution in [-0.2, 0) is 10.2 Å². The van der Waals surface area contributed by atoms with Crippen LogP contribution in [0.25, 0.3) is 0 Å². The fraction of sp³-hybridized carbons (Fsp3) is 0.722. The molecule has 0 aromatic carbocycles. The van der Waals surface area contributed by atoms with Crippen LogP contribution in [-0.4, -0.2) is 45.9 Å². The molecule has 0 bridgehead atoms. The minimum absolute atomic E-state index is 0.101. The van der Waals surface area contributed by atoms with Crippen LogP contribution in [0.5, 0.6) is 0 Å². The smallest absolute Gasteiger partial charge is 0.251 e. The lowest BCUT2D eigenvalue weighted by Crippen LogP contribution is -2.59. The summed E-state index contributed by atoms with van der Waals surface area (Å²) in [5.41, 5.74) is 0.190. The Morgan fingerprint density at radius 3 is 2.50 bits per heavy atom.